The summed E-state index contributed by atoms with van der Waals surface area (Å²) in [6.45, 7) is 7.83. The monoisotopic (exact) mass is 638 g/mol. The summed E-state index contributed by atoms with van der Waals surface area (Å²) in [5.74, 6) is -1.14. The minimum atomic E-state index is -0.498. The molecule has 14 nitrogen and oxygen atoms in total. The molecule has 0 aliphatic carbocycles. The van der Waals surface area contributed by atoms with E-state index in [0.29, 0.717) is 11.1 Å². The van der Waals surface area contributed by atoms with E-state index in [1.165, 1.54) is 14.2 Å². The number of ether oxygens (including phenoxy) is 6. The predicted molar refractivity (Wildman–Crippen MR) is 167 cm³/mol. The van der Waals surface area contributed by atoms with Gasteiger partial charge in [0.05, 0.1) is 23.3 Å². The summed E-state index contributed by atoms with van der Waals surface area (Å²) in [5, 5.41) is 7.72. The Morgan fingerprint density at radius 1 is 0.652 bits per heavy atom. The molecule has 0 saturated carbocycles. The van der Waals surface area contributed by atoms with Gasteiger partial charge in [0.25, 0.3) is 0 Å². The van der Waals surface area contributed by atoms with E-state index in [4.69, 9.17) is 39.5 Å². The molecule has 2 aliphatic rings. The fourth-order valence-corrected chi connectivity index (χ4v) is 5.65. The molecule has 46 heavy (non-hydrogen) atoms. The molecule has 2 heterocycles. The third kappa shape index (κ3) is 9.43. The Kier molecular flexibility index (Phi) is 14.3. The Balaban J connectivity index is 0.000000250. The van der Waals surface area contributed by atoms with Crippen LogP contribution >= 0.6 is 0 Å². The lowest BCUT2D eigenvalue weighted by molar-refractivity contribution is -0.233. The lowest BCUT2D eigenvalue weighted by atomic mass is 9.84. The maximum atomic E-state index is 12.0. The van der Waals surface area contributed by atoms with Gasteiger partial charge < -0.3 is 28.4 Å². The van der Waals surface area contributed by atoms with Gasteiger partial charge in [-0.15, -0.1) is 0 Å². The van der Waals surface area contributed by atoms with Gasteiger partial charge in [-0.25, -0.2) is 9.59 Å². The van der Waals surface area contributed by atoms with Gasteiger partial charge in [-0.1, -0.05) is 74.3 Å². The van der Waals surface area contributed by atoms with Crippen molar-refractivity contribution in [3.8, 4) is 0 Å². The molecule has 0 N–H and O–H groups in total. The van der Waals surface area contributed by atoms with Crippen LogP contribution in [0.25, 0.3) is 20.9 Å². The maximum Gasteiger partial charge on any atom is 0.338 e. The average Bonchev–Trinajstić information content (AvgIpc) is 3.08. The van der Waals surface area contributed by atoms with Crippen LogP contribution in [0.15, 0.2) is 70.9 Å². The average molecular weight is 639 g/mol. The molecule has 2 fully saturated rings. The Morgan fingerprint density at radius 3 is 1.30 bits per heavy atom. The molecule has 248 valence electrons. The van der Waals surface area contributed by atoms with Crippen LogP contribution in [0.4, 0.5) is 0 Å². The van der Waals surface area contributed by atoms with Crippen molar-refractivity contribution < 1.29 is 38.0 Å². The first-order chi connectivity index (χ1) is 22.2. The molecular weight excluding hydrogens is 596 g/mol. The van der Waals surface area contributed by atoms with Crippen LogP contribution in [-0.4, -0.2) is 76.2 Å². The zero-order valence-corrected chi connectivity index (χ0v) is 26.9. The highest BCUT2D eigenvalue weighted by Gasteiger charge is 2.43. The Hall–Kier alpha value is -4.16. The van der Waals surface area contributed by atoms with E-state index in [1.807, 2.05) is 39.8 Å². The van der Waals surface area contributed by atoms with Gasteiger partial charge in [0, 0.05) is 48.0 Å². The van der Waals surface area contributed by atoms with E-state index in [0.717, 1.165) is 0 Å². The Morgan fingerprint density at radius 2 is 1.00 bits per heavy atom. The number of rotatable bonds is 10. The van der Waals surface area contributed by atoms with E-state index in [1.54, 1.807) is 48.5 Å². The van der Waals surface area contributed by atoms with Gasteiger partial charge >= 0.3 is 11.9 Å². The molecule has 0 aromatic heterocycles. The summed E-state index contributed by atoms with van der Waals surface area (Å²) in [6.07, 6.45) is -1.78. The van der Waals surface area contributed by atoms with Crippen molar-refractivity contribution in [1.29, 1.82) is 0 Å². The highest BCUT2D eigenvalue weighted by Crippen LogP contribution is 2.34. The van der Waals surface area contributed by atoms with Gasteiger partial charge in [-0.3, -0.25) is 0 Å². The lowest BCUT2D eigenvalue weighted by Crippen LogP contribution is -2.50. The third-order valence-corrected chi connectivity index (χ3v) is 8.42. The van der Waals surface area contributed by atoms with Crippen molar-refractivity contribution in [2.45, 2.75) is 64.6 Å². The second-order valence-corrected chi connectivity index (χ2v) is 11.3. The number of carbonyl (C=O) groups is 2. The highest BCUT2D eigenvalue weighted by molar-refractivity contribution is 5.89. The maximum absolute atomic E-state index is 12.0. The summed E-state index contributed by atoms with van der Waals surface area (Å²) in [5.41, 5.74) is 18.5. The van der Waals surface area contributed by atoms with Crippen molar-refractivity contribution in [2.75, 3.05) is 27.4 Å². The number of hydrogen-bond donors (Lipinski definition) is 0. The standard InChI is InChI=1S/2C16H21N3O4/c2*1-10-13(9-22-15(20)12-7-5-4-6-8-12)23-16(21-3)11(2)14(10)18-19-17/h2*4-8,10-11,13-14,16H,9H2,1-3H3/t10-,11?,13?,14-,16+;10-,11?,13?,14-,16-/m00/s1. The summed E-state index contributed by atoms with van der Waals surface area (Å²) < 4.78 is 33.0. The van der Waals surface area contributed by atoms with E-state index >= 15 is 0 Å². The topological polar surface area (TPSA) is 187 Å². The predicted octanol–water partition coefficient (Wildman–Crippen LogP) is 6.33. The normalized spacial score (nSPS) is 30.3. The largest absolute Gasteiger partial charge is 0.459 e. The molecule has 2 aromatic carbocycles. The minimum Gasteiger partial charge on any atom is -0.459 e. The Bertz CT molecular complexity index is 1250. The number of benzene rings is 2. The minimum absolute atomic E-state index is 0.0769. The quantitative estimate of drug-likeness (QED) is 0.125. The number of methoxy groups -OCH3 is 2. The first-order valence-electron chi connectivity index (χ1n) is 15.1. The zero-order chi connectivity index (χ0) is 33.6. The van der Waals surface area contributed by atoms with Crippen LogP contribution in [0.5, 0.6) is 0 Å². The van der Waals surface area contributed by atoms with Gasteiger partial charge in [-0.2, -0.15) is 0 Å². The molecular formula is C32H42N6O8. The summed E-state index contributed by atoms with van der Waals surface area (Å²) in [4.78, 5) is 29.9. The van der Waals surface area contributed by atoms with Crippen LogP contribution < -0.4 is 0 Å². The van der Waals surface area contributed by atoms with Crippen molar-refractivity contribution in [1.82, 2.24) is 0 Å². The molecule has 4 unspecified atom stereocenters. The first kappa shape index (κ1) is 36.3. The van der Waals surface area contributed by atoms with Gasteiger partial charge in [-0.05, 0) is 47.2 Å². The van der Waals surface area contributed by atoms with Crippen LogP contribution in [0.3, 0.4) is 0 Å². The van der Waals surface area contributed by atoms with Crippen LogP contribution in [-0.2, 0) is 28.4 Å². The number of carbonyl (C=O) groups excluding carboxylic acids is 2. The Labute approximate surface area is 268 Å². The summed E-state index contributed by atoms with van der Waals surface area (Å²) >= 11 is 0. The molecule has 0 spiro atoms. The molecule has 2 aromatic rings. The van der Waals surface area contributed by atoms with E-state index in [-0.39, 0.29) is 61.2 Å². The highest BCUT2D eigenvalue weighted by atomic mass is 16.7. The molecule has 0 amide bonds. The van der Waals surface area contributed by atoms with Crippen LogP contribution in [0.1, 0.15) is 48.4 Å². The molecule has 0 bridgehead atoms. The second-order valence-electron chi connectivity index (χ2n) is 11.3. The van der Waals surface area contributed by atoms with Crippen LogP contribution in [0, 0.1) is 23.7 Å². The van der Waals surface area contributed by atoms with Crippen molar-refractivity contribution in [2.24, 2.45) is 33.9 Å². The fraction of sp³-hybridized carbons (Fsp3) is 0.562. The number of nitrogens with zero attached hydrogens (tertiary/aromatic N) is 6. The van der Waals surface area contributed by atoms with Gasteiger partial charge in [0.1, 0.15) is 13.2 Å². The molecule has 2 aliphatic heterocycles. The van der Waals surface area contributed by atoms with Crippen LogP contribution in [0.2, 0.25) is 0 Å². The van der Waals surface area contributed by atoms with Gasteiger partial charge in [0.15, 0.2) is 12.6 Å². The van der Waals surface area contributed by atoms with Crippen molar-refractivity contribution in [3.05, 3.63) is 92.7 Å². The smallest absolute Gasteiger partial charge is 0.338 e. The van der Waals surface area contributed by atoms with Crippen molar-refractivity contribution >= 4 is 11.9 Å². The molecule has 14 heteroatoms. The number of hydrogen-bond acceptors (Lipinski definition) is 10. The number of esters is 2. The van der Waals surface area contributed by atoms with Gasteiger partial charge in [0.2, 0.25) is 0 Å². The van der Waals surface area contributed by atoms with Crippen molar-refractivity contribution in [3.63, 3.8) is 0 Å². The van der Waals surface area contributed by atoms with E-state index in [2.05, 4.69) is 20.1 Å². The fourth-order valence-electron chi connectivity index (χ4n) is 5.65. The third-order valence-electron chi connectivity index (χ3n) is 8.42. The molecule has 4 rings (SSSR count). The SMILES string of the molecule is CO[C@@H]1OC(COC(=O)c2ccccc2)[C@H](C)[C@H](N=[N+]=[N-])C1C.CO[C@H]1OC(COC(=O)c2ccccc2)[C@H](C)[C@H](N=[N+]=[N-])C1C. The second kappa shape index (κ2) is 18.1. The molecule has 10 atom stereocenters. The van der Waals surface area contributed by atoms with E-state index in [9.17, 15) is 9.59 Å². The first-order valence-corrected chi connectivity index (χ1v) is 15.1. The lowest BCUT2D eigenvalue weighted by Gasteiger charge is -2.42. The van der Waals surface area contributed by atoms with E-state index < -0.39 is 24.5 Å². The zero-order valence-electron chi connectivity index (χ0n) is 26.9. The summed E-state index contributed by atoms with van der Waals surface area (Å²) in [6, 6.07) is 17.0. The molecule has 2 saturated heterocycles. The number of azide groups is 2. The molecule has 0 radical (unpaired) electrons. The summed E-state index contributed by atoms with van der Waals surface area (Å²) in [7, 11) is 3.08.